The third-order valence-electron chi connectivity index (χ3n) is 0. The second-order valence-corrected chi connectivity index (χ2v) is 0. The monoisotopic (exact) mass is 225 g/mol. The molecule has 0 aromatic carbocycles. The first kappa shape index (κ1) is 27.7. The van der Waals surface area contributed by atoms with E-state index in [1.807, 2.05) is 0 Å². The predicted molar refractivity (Wildman–Crippen MR) is 12.2 cm³/mol. The van der Waals surface area contributed by atoms with Gasteiger partial charge in [0.1, 0.15) is 0 Å². The van der Waals surface area contributed by atoms with Gasteiger partial charge in [0.05, 0.1) is 0 Å². The summed E-state index contributed by atoms with van der Waals surface area (Å²) in [7, 11) is 1.72. The van der Waals surface area contributed by atoms with Gasteiger partial charge in [0.2, 0.25) is 0 Å². The molecule has 0 saturated heterocycles. The molecule has 5 radical (unpaired) electrons. The number of rotatable bonds is 0. The van der Waals surface area contributed by atoms with E-state index in [9.17, 15) is 0 Å². The second-order valence-electron chi connectivity index (χ2n) is 0. The molecule has 0 saturated carbocycles. The van der Waals surface area contributed by atoms with E-state index in [2.05, 4.69) is 0 Å². The molecule has 0 fully saturated rings. The summed E-state index contributed by atoms with van der Waals surface area (Å²) < 4.78 is 8.06. The van der Waals surface area contributed by atoms with Crippen molar-refractivity contribution in [3.05, 3.63) is 0 Å². The molecule has 0 aromatic rings. The maximum atomic E-state index is 8.06. The molecule has 0 aliphatic heterocycles. The fourth-order valence-electron chi connectivity index (χ4n) is 0. The fourth-order valence-corrected chi connectivity index (χ4v) is 0. The van der Waals surface area contributed by atoms with Crippen molar-refractivity contribution in [2.24, 2.45) is 0 Å². The molecule has 0 bridgehead atoms. The van der Waals surface area contributed by atoms with E-state index in [0.29, 0.717) is 0 Å². The molecule has 0 aliphatic rings. The molecule has 0 N–H and O–H groups in total. The minimum absolute atomic E-state index is 0. The second kappa shape index (κ2) is 36.6. The molecule has 0 aliphatic carbocycles. The third kappa shape index (κ3) is 23.6. The summed E-state index contributed by atoms with van der Waals surface area (Å²) in [6, 6.07) is 0. The van der Waals surface area contributed by atoms with Crippen molar-refractivity contribution in [2.75, 3.05) is 0 Å². The SMILES string of the molecule is O=[Si].[Al].[Zn].[Zr]. The molecule has 1 nitrogen and oxygen atoms in total. The topological polar surface area (TPSA) is 17.1 Å². The first-order valence-electron chi connectivity index (χ1n) is 0.204. The zero-order valence-corrected chi connectivity index (χ0v) is 10.3. The zero-order chi connectivity index (χ0) is 2.00. The molecule has 0 atom stereocenters. The Labute approximate surface area is 76.8 Å². The smallest absolute Gasteiger partial charge is 0.381 e. The molecular weight excluding hydrogens is 228 g/mol. The number of hydrogen-bond donors (Lipinski definition) is 0. The van der Waals surface area contributed by atoms with E-state index in [4.69, 9.17) is 4.46 Å². The molecule has 0 amide bonds. The van der Waals surface area contributed by atoms with Crippen molar-refractivity contribution in [3.63, 3.8) is 0 Å². The minimum atomic E-state index is 0. The van der Waals surface area contributed by atoms with Crippen molar-refractivity contribution < 1.29 is 50.1 Å². The van der Waals surface area contributed by atoms with Crippen molar-refractivity contribution in [1.82, 2.24) is 0 Å². The molecule has 19 valence electrons. The quantitative estimate of drug-likeness (QED) is 0.491. The van der Waals surface area contributed by atoms with Gasteiger partial charge >= 0.3 is 10.1 Å². The molecule has 5 heavy (non-hydrogen) atoms. The van der Waals surface area contributed by atoms with E-state index >= 15 is 0 Å². The molecule has 0 spiro atoms. The van der Waals surface area contributed by atoms with E-state index in [0.717, 1.165) is 0 Å². The van der Waals surface area contributed by atoms with Crippen LogP contribution in [0.1, 0.15) is 0 Å². The van der Waals surface area contributed by atoms with Crippen LogP contribution in [0, 0.1) is 0 Å². The summed E-state index contributed by atoms with van der Waals surface area (Å²) in [5.41, 5.74) is 0. The summed E-state index contributed by atoms with van der Waals surface area (Å²) in [6.45, 7) is 0. The van der Waals surface area contributed by atoms with Crippen LogP contribution in [-0.2, 0) is 50.1 Å². The average molecular weight is 228 g/mol. The Morgan fingerprint density at radius 1 is 1.20 bits per heavy atom. The van der Waals surface area contributed by atoms with Gasteiger partial charge in [-0.15, -0.1) is 0 Å². The molecule has 0 unspecified atom stereocenters. The van der Waals surface area contributed by atoms with E-state index < -0.39 is 0 Å². The van der Waals surface area contributed by atoms with Crippen LogP contribution in [0.2, 0.25) is 0 Å². The van der Waals surface area contributed by atoms with Gasteiger partial charge in [-0.05, 0) is 0 Å². The molecular formula is AlOSiZnZr. The van der Waals surface area contributed by atoms with Gasteiger partial charge in [-0.1, -0.05) is 0 Å². The van der Waals surface area contributed by atoms with Gasteiger partial charge in [-0.3, -0.25) is 0 Å². The minimum Gasteiger partial charge on any atom is -0.381 e. The van der Waals surface area contributed by atoms with Gasteiger partial charge in [0.25, 0.3) is 0 Å². The Kier molecular flexibility index (Phi) is 203. The fraction of sp³-hybridized carbons (Fsp3) is 0. The van der Waals surface area contributed by atoms with Gasteiger partial charge in [-0.25, -0.2) is 0 Å². The van der Waals surface area contributed by atoms with Gasteiger partial charge in [-0.2, -0.15) is 0 Å². The van der Waals surface area contributed by atoms with Crippen LogP contribution in [0.5, 0.6) is 0 Å². The van der Waals surface area contributed by atoms with Crippen molar-refractivity contribution in [1.29, 1.82) is 0 Å². The molecule has 5 heteroatoms. The Morgan fingerprint density at radius 3 is 1.20 bits per heavy atom. The van der Waals surface area contributed by atoms with Gasteiger partial charge < -0.3 is 4.46 Å². The van der Waals surface area contributed by atoms with Crippen LogP contribution in [-0.4, -0.2) is 27.5 Å². The molecule has 0 heterocycles. The first-order valence-corrected chi connectivity index (χ1v) is 0.612. The van der Waals surface area contributed by atoms with Gasteiger partial charge in [0.15, 0.2) is 0 Å². The molecule has 0 aromatic heterocycles. The van der Waals surface area contributed by atoms with Crippen LogP contribution >= 0.6 is 0 Å². The van der Waals surface area contributed by atoms with Gasteiger partial charge in [0, 0.05) is 63.0 Å². The predicted octanol–water partition coefficient (Wildman–Crippen LogP) is -0.885. The van der Waals surface area contributed by atoms with E-state index in [-0.39, 0.29) is 63.0 Å². The van der Waals surface area contributed by atoms with Crippen LogP contribution in [0.25, 0.3) is 0 Å². The summed E-state index contributed by atoms with van der Waals surface area (Å²) in [5.74, 6) is 0. The Hall–Kier alpha value is 2.06. The van der Waals surface area contributed by atoms with E-state index in [1.165, 1.54) is 0 Å². The Balaban J connectivity index is -0.00000000167. The molecule has 0 rings (SSSR count). The average Bonchev–Trinajstić information content (AvgIpc) is 1.00. The maximum Gasteiger partial charge on any atom is 0.381 e. The normalized spacial score (nSPS) is 0.800. The summed E-state index contributed by atoms with van der Waals surface area (Å²) in [6.07, 6.45) is 0. The van der Waals surface area contributed by atoms with E-state index in [1.54, 1.807) is 10.1 Å². The van der Waals surface area contributed by atoms with Crippen LogP contribution in [0.4, 0.5) is 0 Å². The van der Waals surface area contributed by atoms with Crippen molar-refractivity contribution in [3.8, 4) is 0 Å². The summed E-state index contributed by atoms with van der Waals surface area (Å²) in [5, 5.41) is 0. The van der Waals surface area contributed by atoms with Crippen molar-refractivity contribution in [2.45, 2.75) is 0 Å². The standard InChI is InChI=1S/Al.OSi.Zn.Zr/c;1-2;;. The first-order chi connectivity index (χ1) is 1.00. The van der Waals surface area contributed by atoms with Crippen LogP contribution < -0.4 is 0 Å². The Morgan fingerprint density at radius 2 is 1.20 bits per heavy atom. The van der Waals surface area contributed by atoms with Crippen LogP contribution in [0.15, 0.2) is 0 Å². The zero-order valence-electron chi connectivity index (χ0n) is 2.69. The summed E-state index contributed by atoms with van der Waals surface area (Å²) in [4.78, 5) is 0. The Bertz CT molecular complexity index is 11.6. The number of hydrogen-bond acceptors (Lipinski definition) is 1. The van der Waals surface area contributed by atoms with Crippen molar-refractivity contribution >= 4 is 27.5 Å². The largest absolute Gasteiger partial charge is 0.381 e. The van der Waals surface area contributed by atoms with Crippen LogP contribution in [0.3, 0.4) is 0 Å². The third-order valence-corrected chi connectivity index (χ3v) is 0. The maximum absolute atomic E-state index is 8.06. The summed E-state index contributed by atoms with van der Waals surface area (Å²) >= 11 is 0.